The molecule has 1 atom stereocenters. The van der Waals surface area contributed by atoms with Crippen molar-refractivity contribution in [2.75, 3.05) is 0 Å². The maximum Gasteiger partial charge on any atom is 0.296 e. The SMILES string of the molecule is Cc1ccc(C2/C(=C(\O)c3ccc(F)c(F)c3)C(=O)C(=O)N2Cc2cccs2)s1. The lowest BCUT2D eigenvalue weighted by Crippen LogP contribution is -2.28. The number of aliphatic hydroxyl groups excluding tert-OH is 1. The number of hydrogen-bond donors (Lipinski definition) is 1. The second kappa shape index (κ2) is 7.53. The Bertz CT molecular complexity index is 1130. The van der Waals surface area contributed by atoms with Gasteiger partial charge in [-0.3, -0.25) is 9.59 Å². The summed E-state index contributed by atoms with van der Waals surface area (Å²) in [5, 5.41) is 12.7. The quantitative estimate of drug-likeness (QED) is 0.359. The second-order valence-corrected chi connectivity index (χ2v) is 8.94. The molecule has 4 nitrogen and oxygen atoms in total. The summed E-state index contributed by atoms with van der Waals surface area (Å²) in [5.74, 6) is -4.32. The van der Waals surface area contributed by atoms with Crippen LogP contribution in [-0.2, 0) is 16.1 Å². The van der Waals surface area contributed by atoms with Crippen LogP contribution >= 0.6 is 22.7 Å². The average Bonchev–Trinajstić information content (AvgIpc) is 3.41. The molecular weight excluding hydrogens is 416 g/mol. The molecule has 1 saturated heterocycles. The van der Waals surface area contributed by atoms with Crippen LogP contribution in [0.1, 0.15) is 26.2 Å². The maximum absolute atomic E-state index is 13.7. The first-order valence-electron chi connectivity index (χ1n) is 8.69. The summed E-state index contributed by atoms with van der Waals surface area (Å²) in [6.45, 7) is 2.10. The van der Waals surface area contributed by atoms with E-state index in [0.717, 1.165) is 21.9 Å². The molecule has 1 aromatic carbocycles. The molecule has 3 heterocycles. The molecule has 3 aromatic rings. The zero-order valence-electron chi connectivity index (χ0n) is 15.2. The van der Waals surface area contributed by atoms with Crippen molar-refractivity contribution in [3.05, 3.63) is 85.2 Å². The molecule has 1 amide bonds. The van der Waals surface area contributed by atoms with Gasteiger partial charge >= 0.3 is 0 Å². The van der Waals surface area contributed by atoms with Crippen LogP contribution in [0.15, 0.2) is 53.4 Å². The van der Waals surface area contributed by atoms with Crippen molar-refractivity contribution in [2.45, 2.75) is 19.5 Å². The fraction of sp³-hybridized carbons (Fsp3) is 0.143. The molecule has 4 rings (SSSR count). The van der Waals surface area contributed by atoms with Gasteiger partial charge < -0.3 is 10.0 Å². The Morgan fingerprint density at radius 2 is 1.93 bits per heavy atom. The van der Waals surface area contributed by atoms with Crippen LogP contribution in [0.25, 0.3) is 5.76 Å². The molecule has 0 aliphatic carbocycles. The largest absolute Gasteiger partial charge is 0.507 e. The number of ketones is 1. The number of rotatable bonds is 4. The van der Waals surface area contributed by atoms with Crippen LogP contribution in [0.4, 0.5) is 8.78 Å². The number of aliphatic hydroxyl groups is 1. The van der Waals surface area contributed by atoms with E-state index in [9.17, 15) is 23.5 Å². The summed E-state index contributed by atoms with van der Waals surface area (Å²) in [6.07, 6.45) is 0. The zero-order valence-corrected chi connectivity index (χ0v) is 16.8. The summed E-state index contributed by atoms with van der Waals surface area (Å²) in [4.78, 5) is 29.6. The molecule has 1 aliphatic rings. The summed E-state index contributed by atoms with van der Waals surface area (Å²) in [6, 6.07) is 9.43. The van der Waals surface area contributed by atoms with Crippen molar-refractivity contribution >= 4 is 40.1 Å². The number of amides is 1. The van der Waals surface area contributed by atoms with Gasteiger partial charge in [-0.15, -0.1) is 22.7 Å². The first kappa shape index (κ1) is 19.5. The number of benzene rings is 1. The van der Waals surface area contributed by atoms with Gasteiger partial charge in [-0.1, -0.05) is 6.07 Å². The van der Waals surface area contributed by atoms with Crippen LogP contribution in [-0.4, -0.2) is 21.7 Å². The third-order valence-electron chi connectivity index (χ3n) is 4.67. The normalized spacial score (nSPS) is 18.6. The van der Waals surface area contributed by atoms with E-state index in [2.05, 4.69) is 0 Å². The Balaban J connectivity index is 1.87. The van der Waals surface area contributed by atoms with Gasteiger partial charge in [-0.05, 0) is 48.7 Å². The molecule has 1 N–H and O–H groups in total. The third kappa shape index (κ3) is 3.49. The molecule has 8 heteroatoms. The van der Waals surface area contributed by atoms with E-state index >= 15 is 0 Å². The Morgan fingerprint density at radius 1 is 1.14 bits per heavy atom. The molecule has 0 saturated carbocycles. The monoisotopic (exact) mass is 431 g/mol. The molecule has 1 unspecified atom stereocenters. The smallest absolute Gasteiger partial charge is 0.296 e. The minimum atomic E-state index is -1.15. The summed E-state index contributed by atoms with van der Waals surface area (Å²) in [5.41, 5.74) is -0.185. The van der Waals surface area contributed by atoms with E-state index in [-0.39, 0.29) is 17.7 Å². The van der Waals surface area contributed by atoms with Crippen LogP contribution in [0.3, 0.4) is 0 Å². The van der Waals surface area contributed by atoms with Crippen molar-refractivity contribution in [1.29, 1.82) is 0 Å². The predicted octanol–water partition coefficient (Wildman–Crippen LogP) is 5.02. The number of nitrogens with zero attached hydrogens (tertiary/aromatic N) is 1. The van der Waals surface area contributed by atoms with Crippen molar-refractivity contribution in [1.82, 2.24) is 4.90 Å². The maximum atomic E-state index is 13.7. The van der Waals surface area contributed by atoms with E-state index in [4.69, 9.17) is 0 Å². The molecular formula is C21H15F2NO3S2. The van der Waals surface area contributed by atoms with Crippen molar-refractivity contribution in [3.8, 4) is 0 Å². The Labute approximate surface area is 173 Å². The van der Waals surface area contributed by atoms with E-state index in [1.165, 1.54) is 33.6 Å². The van der Waals surface area contributed by atoms with Gasteiger partial charge in [0.25, 0.3) is 11.7 Å². The predicted molar refractivity (Wildman–Crippen MR) is 108 cm³/mol. The number of Topliss-reactive ketones (excluding diaryl/α,β-unsaturated/α-hetero) is 1. The van der Waals surface area contributed by atoms with E-state index in [1.807, 2.05) is 30.5 Å². The van der Waals surface area contributed by atoms with E-state index < -0.39 is 35.1 Å². The Kier molecular flexibility index (Phi) is 5.06. The summed E-state index contributed by atoms with van der Waals surface area (Å²) in [7, 11) is 0. The van der Waals surface area contributed by atoms with Crippen LogP contribution in [0.2, 0.25) is 0 Å². The minimum Gasteiger partial charge on any atom is -0.507 e. The highest BCUT2D eigenvalue weighted by atomic mass is 32.1. The lowest BCUT2D eigenvalue weighted by molar-refractivity contribution is -0.140. The molecule has 1 aliphatic heterocycles. The van der Waals surface area contributed by atoms with Crippen molar-refractivity contribution < 1.29 is 23.5 Å². The molecule has 0 radical (unpaired) electrons. The van der Waals surface area contributed by atoms with Crippen LogP contribution in [0.5, 0.6) is 0 Å². The van der Waals surface area contributed by atoms with Crippen molar-refractivity contribution in [2.24, 2.45) is 0 Å². The van der Waals surface area contributed by atoms with Gasteiger partial charge in [0.05, 0.1) is 12.1 Å². The fourth-order valence-corrected chi connectivity index (χ4v) is 5.01. The van der Waals surface area contributed by atoms with Crippen LogP contribution < -0.4 is 0 Å². The zero-order chi connectivity index (χ0) is 20.7. The highest BCUT2D eigenvalue weighted by molar-refractivity contribution is 7.12. The van der Waals surface area contributed by atoms with Crippen LogP contribution in [0, 0.1) is 18.6 Å². The van der Waals surface area contributed by atoms with Gasteiger partial charge in [-0.2, -0.15) is 0 Å². The number of hydrogen-bond acceptors (Lipinski definition) is 5. The fourth-order valence-electron chi connectivity index (χ4n) is 3.31. The molecule has 1 fully saturated rings. The van der Waals surface area contributed by atoms with Crippen molar-refractivity contribution in [3.63, 3.8) is 0 Å². The topological polar surface area (TPSA) is 57.6 Å². The van der Waals surface area contributed by atoms with Gasteiger partial charge in [0, 0.05) is 20.2 Å². The van der Waals surface area contributed by atoms with Gasteiger partial charge in [0.2, 0.25) is 0 Å². The lowest BCUT2D eigenvalue weighted by atomic mass is 9.99. The molecule has 0 spiro atoms. The molecule has 2 aromatic heterocycles. The Morgan fingerprint density at radius 3 is 2.55 bits per heavy atom. The number of aryl methyl sites for hydroxylation is 1. The number of likely N-dealkylation sites (tertiary alicyclic amines) is 1. The molecule has 29 heavy (non-hydrogen) atoms. The standard InChI is InChI=1S/C21H15F2NO3S2/c1-11-4-7-16(29-11)18-17(19(25)12-5-6-14(22)15(23)9-12)20(26)21(27)24(18)10-13-3-2-8-28-13/h2-9,18,25H,10H2,1H3/b19-17+. The number of thiophene rings is 2. The summed E-state index contributed by atoms with van der Waals surface area (Å²) >= 11 is 2.86. The first-order chi connectivity index (χ1) is 13.9. The number of carbonyl (C=O) groups is 2. The third-order valence-corrected chi connectivity index (χ3v) is 6.58. The lowest BCUT2D eigenvalue weighted by Gasteiger charge is -2.23. The second-order valence-electron chi connectivity index (χ2n) is 6.58. The average molecular weight is 431 g/mol. The first-order valence-corrected chi connectivity index (χ1v) is 10.4. The van der Waals surface area contributed by atoms with E-state index in [1.54, 1.807) is 6.07 Å². The number of carbonyl (C=O) groups excluding carboxylic acids is 2. The minimum absolute atomic E-state index is 0.0590. The Hall–Kier alpha value is -2.84. The van der Waals surface area contributed by atoms with Gasteiger partial charge in [0.1, 0.15) is 11.8 Å². The number of halogens is 2. The molecule has 148 valence electrons. The van der Waals surface area contributed by atoms with Gasteiger partial charge in [0.15, 0.2) is 11.6 Å². The van der Waals surface area contributed by atoms with Gasteiger partial charge in [-0.25, -0.2) is 8.78 Å². The highest BCUT2D eigenvalue weighted by Crippen LogP contribution is 2.42. The highest BCUT2D eigenvalue weighted by Gasteiger charge is 2.46. The van der Waals surface area contributed by atoms with E-state index in [0.29, 0.717) is 4.88 Å². The molecule has 0 bridgehead atoms. The summed E-state index contributed by atoms with van der Waals surface area (Å²) < 4.78 is 27.0.